The van der Waals surface area contributed by atoms with Gasteiger partial charge in [0.1, 0.15) is 0 Å². The number of hydrogen-bond donors (Lipinski definition) is 2. The maximum absolute atomic E-state index is 11.6. The number of rotatable bonds is 5. The summed E-state index contributed by atoms with van der Waals surface area (Å²) in [5.74, 6) is 0.118. The predicted molar refractivity (Wildman–Crippen MR) is 68.5 cm³/mol. The third-order valence-electron chi connectivity index (χ3n) is 3.18. The van der Waals surface area contributed by atoms with E-state index in [9.17, 15) is 4.79 Å². The Hall–Kier alpha value is -1.35. The number of amides is 1. The molecule has 92 valence electrons. The van der Waals surface area contributed by atoms with E-state index in [1.165, 1.54) is 18.4 Å². The van der Waals surface area contributed by atoms with Crippen LogP contribution in [0.15, 0.2) is 30.3 Å². The van der Waals surface area contributed by atoms with Gasteiger partial charge < -0.3 is 10.6 Å². The van der Waals surface area contributed by atoms with Crippen LogP contribution in [0, 0.1) is 0 Å². The lowest BCUT2D eigenvalue weighted by molar-refractivity contribution is -0.120. The van der Waals surface area contributed by atoms with Crippen molar-refractivity contribution in [1.29, 1.82) is 0 Å². The summed E-state index contributed by atoms with van der Waals surface area (Å²) < 4.78 is 0. The van der Waals surface area contributed by atoms with Gasteiger partial charge in [-0.05, 0) is 18.4 Å². The minimum Gasteiger partial charge on any atom is -0.352 e. The van der Waals surface area contributed by atoms with Crippen LogP contribution in [-0.4, -0.2) is 18.5 Å². The van der Waals surface area contributed by atoms with Gasteiger partial charge in [0.05, 0.1) is 6.54 Å². The Bertz CT molecular complexity index is 344. The first-order valence-electron chi connectivity index (χ1n) is 6.38. The molecule has 2 N–H and O–H groups in total. The normalized spacial score (nSPS) is 16.0. The fourth-order valence-electron chi connectivity index (χ4n) is 2.27. The SMILES string of the molecule is O=C(CNCc1ccccc1)NC1CCCC1. The van der Waals surface area contributed by atoms with Gasteiger partial charge in [0, 0.05) is 12.6 Å². The standard InChI is InChI=1S/C14H20N2O/c17-14(16-13-8-4-5-9-13)11-15-10-12-6-2-1-3-7-12/h1-3,6-7,13,15H,4-5,8-11H2,(H,16,17). The second-order valence-electron chi connectivity index (χ2n) is 4.64. The number of carbonyl (C=O) groups excluding carboxylic acids is 1. The summed E-state index contributed by atoms with van der Waals surface area (Å²) in [6.45, 7) is 1.16. The van der Waals surface area contributed by atoms with Crippen molar-refractivity contribution in [2.75, 3.05) is 6.54 Å². The average Bonchev–Trinajstić information content (AvgIpc) is 2.83. The smallest absolute Gasteiger partial charge is 0.234 e. The van der Waals surface area contributed by atoms with Crippen molar-refractivity contribution >= 4 is 5.91 Å². The Morgan fingerprint density at radius 1 is 1.18 bits per heavy atom. The summed E-state index contributed by atoms with van der Waals surface area (Å²) in [6.07, 6.45) is 4.79. The van der Waals surface area contributed by atoms with Crippen molar-refractivity contribution in [2.45, 2.75) is 38.3 Å². The van der Waals surface area contributed by atoms with Gasteiger partial charge in [-0.25, -0.2) is 0 Å². The van der Waals surface area contributed by atoms with Crippen LogP contribution in [0.1, 0.15) is 31.2 Å². The second kappa shape index (κ2) is 6.40. The molecule has 2 rings (SSSR count). The summed E-state index contributed by atoms with van der Waals surface area (Å²) in [5, 5.41) is 6.23. The molecule has 0 saturated heterocycles. The minimum absolute atomic E-state index is 0.118. The fraction of sp³-hybridized carbons (Fsp3) is 0.500. The van der Waals surface area contributed by atoms with Crippen LogP contribution in [0.5, 0.6) is 0 Å². The molecule has 3 heteroatoms. The molecule has 0 bridgehead atoms. The van der Waals surface area contributed by atoms with Crippen molar-refractivity contribution in [1.82, 2.24) is 10.6 Å². The van der Waals surface area contributed by atoms with Gasteiger partial charge in [-0.2, -0.15) is 0 Å². The highest BCUT2D eigenvalue weighted by Gasteiger charge is 2.16. The molecule has 0 aromatic heterocycles. The number of carbonyl (C=O) groups is 1. The average molecular weight is 232 g/mol. The zero-order valence-electron chi connectivity index (χ0n) is 10.1. The van der Waals surface area contributed by atoms with E-state index in [-0.39, 0.29) is 5.91 Å². The number of nitrogens with one attached hydrogen (secondary N) is 2. The van der Waals surface area contributed by atoms with E-state index >= 15 is 0 Å². The van der Waals surface area contributed by atoms with Crippen molar-refractivity contribution in [2.24, 2.45) is 0 Å². The Morgan fingerprint density at radius 2 is 1.88 bits per heavy atom. The number of hydrogen-bond acceptors (Lipinski definition) is 2. The van der Waals surface area contributed by atoms with Gasteiger partial charge in [-0.1, -0.05) is 43.2 Å². The molecule has 0 spiro atoms. The second-order valence-corrected chi connectivity index (χ2v) is 4.64. The highest BCUT2D eigenvalue weighted by Crippen LogP contribution is 2.17. The van der Waals surface area contributed by atoms with E-state index in [1.54, 1.807) is 0 Å². The van der Waals surface area contributed by atoms with E-state index in [2.05, 4.69) is 22.8 Å². The van der Waals surface area contributed by atoms with E-state index in [0.29, 0.717) is 12.6 Å². The van der Waals surface area contributed by atoms with E-state index in [0.717, 1.165) is 19.4 Å². The fourth-order valence-corrected chi connectivity index (χ4v) is 2.27. The molecular weight excluding hydrogens is 212 g/mol. The van der Waals surface area contributed by atoms with Gasteiger partial charge in [0.25, 0.3) is 0 Å². The van der Waals surface area contributed by atoms with E-state index in [4.69, 9.17) is 0 Å². The molecule has 17 heavy (non-hydrogen) atoms. The molecule has 1 fully saturated rings. The quantitative estimate of drug-likeness (QED) is 0.813. The topological polar surface area (TPSA) is 41.1 Å². The monoisotopic (exact) mass is 232 g/mol. The van der Waals surface area contributed by atoms with Gasteiger partial charge in [-0.15, -0.1) is 0 Å². The molecule has 1 aliphatic carbocycles. The third kappa shape index (κ3) is 4.19. The van der Waals surface area contributed by atoms with Gasteiger partial charge in [0.15, 0.2) is 0 Å². The Balaban J connectivity index is 1.63. The minimum atomic E-state index is 0.118. The highest BCUT2D eigenvalue weighted by atomic mass is 16.1. The summed E-state index contributed by atoms with van der Waals surface area (Å²) in [6, 6.07) is 10.5. The molecule has 1 saturated carbocycles. The molecule has 1 aliphatic rings. The maximum Gasteiger partial charge on any atom is 0.234 e. The largest absolute Gasteiger partial charge is 0.352 e. The first kappa shape index (κ1) is 12.1. The lowest BCUT2D eigenvalue weighted by Gasteiger charge is -2.12. The zero-order chi connectivity index (χ0) is 11.9. The van der Waals surface area contributed by atoms with Crippen LogP contribution >= 0.6 is 0 Å². The Morgan fingerprint density at radius 3 is 2.59 bits per heavy atom. The molecule has 0 radical (unpaired) electrons. The van der Waals surface area contributed by atoms with Crippen LogP contribution in [0.3, 0.4) is 0 Å². The zero-order valence-corrected chi connectivity index (χ0v) is 10.1. The van der Waals surface area contributed by atoms with Gasteiger partial charge in [-0.3, -0.25) is 4.79 Å². The molecule has 0 atom stereocenters. The lowest BCUT2D eigenvalue weighted by Crippen LogP contribution is -2.38. The van der Waals surface area contributed by atoms with Crippen LogP contribution in [0.4, 0.5) is 0 Å². The maximum atomic E-state index is 11.6. The van der Waals surface area contributed by atoms with Gasteiger partial charge >= 0.3 is 0 Å². The molecule has 1 aromatic carbocycles. The van der Waals surface area contributed by atoms with Crippen LogP contribution in [-0.2, 0) is 11.3 Å². The molecule has 0 heterocycles. The summed E-state index contributed by atoms with van der Waals surface area (Å²) >= 11 is 0. The number of benzene rings is 1. The summed E-state index contributed by atoms with van der Waals surface area (Å²) in [5.41, 5.74) is 1.21. The first-order valence-corrected chi connectivity index (χ1v) is 6.38. The lowest BCUT2D eigenvalue weighted by atomic mass is 10.2. The summed E-state index contributed by atoms with van der Waals surface area (Å²) in [4.78, 5) is 11.6. The van der Waals surface area contributed by atoms with Crippen molar-refractivity contribution in [3.63, 3.8) is 0 Å². The van der Waals surface area contributed by atoms with Crippen molar-refractivity contribution in [3.8, 4) is 0 Å². The Kier molecular flexibility index (Phi) is 4.56. The molecule has 0 aliphatic heterocycles. The molecule has 3 nitrogen and oxygen atoms in total. The molecule has 0 unspecified atom stereocenters. The van der Waals surface area contributed by atoms with Crippen molar-refractivity contribution in [3.05, 3.63) is 35.9 Å². The van der Waals surface area contributed by atoms with E-state index < -0.39 is 0 Å². The van der Waals surface area contributed by atoms with Crippen molar-refractivity contribution < 1.29 is 4.79 Å². The Labute approximate surface area is 103 Å². The van der Waals surface area contributed by atoms with Gasteiger partial charge in [0.2, 0.25) is 5.91 Å². The highest BCUT2D eigenvalue weighted by molar-refractivity contribution is 5.78. The third-order valence-corrected chi connectivity index (χ3v) is 3.18. The van der Waals surface area contributed by atoms with Crippen LogP contribution < -0.4 is 10.6 Å². The van der Waals surface area contributed by atoms with Crippen LogP contribution in [0.2, 0.25) is 0 Å². The first-order chi connectivity index (χ1) is 8.34. The molecular formula is C14H20N2O. The molecule has 1 amide bonds. The van der Waals surface area contributed by atoms with E-state index in [1.807, 2.05) is 18.2 Å². The predicted octanol–water partition coefficient (Wildman–Crippen LogP) is 1.83. The summed E-state index contributed by atoms with van der Waals surface area (Å²) in [7, 11) is 0. The van der Waals surface area contributed by atoms with Crippen LogP contribution in [0.25, 0.3) is 0 Å². The molecule has 1 aromatic rings.